The molecule has 6 nitrogen and oxygen atoms in total. The number of hydrogen-bond acceptors (Lipinski definition) is 6. The van der Waals surface area contributed by atoms with E-state index < -0.39 is 17.9 Å². The van der Waals surface area contributed by atoms with Gasteiger partial charge in [0, 0.05) is 34.0 Å². The number of methoxy groups -OCH3 is 1. The van der Waals surface area contributed by atoms with Crippen LogP contribution >= 0.6 is 22.7 Å². The summed E-state index contributed by atoms with van der Waals surface area (Å²) in [5.74, 6) is -0.912. The van der Waals surface area contributed by atoms with Gasteiger partial charge in [0.1, 0.15) is 11.9 Å². The first-order chi connectivity index (χ1) is 13.6. The molecule has 3 rings (SSSR count). The summed E-state index contributed by atoms with van der Waals surface area (Å²) in [4.78, 5) is 25.8. The van der Waals surface area contributed by atoms with Crippen LogP contribution in [0.2, 0.25) is 0 Å². The molecule has 1 atom stereocenters. The summed E-state index contributed by atoms with van der Waals surface area (Å²) < 4.78 is 5.21. The van der Waals surface area contributed by atoms with Crippen molar-refractivity contribution in [2.24, 2.45) is 0 Å². The lowest BCUT2D eigenvalue weighted by atomic mass is 10.2. The topological polar surface area (TPSA) is 87.7 Å². The molecule has 2 heterocycles. The quantitative estimate of drug-likeness (QED) is 0.517. The van der Waals surface area contributed by atoms with Crippen LogP contribution in [0.15, 0.2) is 53.2 Å². The van der Waals surface area contributed by atoms with Crippen LogP contribution in [-0.4, -0.2) is 30.6 Å². The fourth-order valence-corrected chi connectivity index (χ4v) is 4.29. The van der Waals surface area contributed by atoms with Crippen molar-refractivity contribution in [3.05, 3.63) is 63.7 Å². The van der Waals surface area contributed by atoms with Gasteiger partial charge in [0.15, 0.2) is 0 Å². The second kappa shape index (κ2) is 9.50. The van der Waals surface area contributed by atoms with Gasteiger partial charge in [0.05, 0.1) is 7.11 Å². The first kappa shape index (κ1) is 20.1. The van der Waals surface area contributed by atoms with Crippen molar-refractivity contribution in [2.75, 3.05) is 13.7 Å². The number of nitrogens with one attached hydrogen (secondary N) is 2. The molecule has 0 fully saturated rings. The monoisotopic (exact) mass is 416 g/mol. The van der Waals surface area contributed by atoms with Crippen molar-refractivity contribution >= 4 is 34.5 Å². The Bertz CT molecular complexity index is 937. The number of amides is 2. The van der Waals surface area contributed by atoms with Gasteiger partial charge in [-0.25, -0.2) is 0 Å². The number of para-hydroxylation sites is 1. The number of rotatable bonds is 7. The maximum absolute atomic E-state index is 12.0. The highest BCUT2D eigenvalue weighted by Gasteiger charge is 2.17. The molecule has 3 aromatic rings. The minimum absolute atomic E-state index is 0.0372. The van der Waals surface area contributed by atoms with E-state index >= 15 is 0 Å². The standard InChI is InChI=1S/C20H20N2O4S2/c1-26-16-5-3-2-4-13(16)10-21-19(24)20(25)22-11-15(23)18-7-6-17(28-18)14-8-9-27-12-14/h2-9,12,15,23H,10-11H2,1H3,(H,21,24)(H,22,25). The summed E-state index contributed by atoms with van der Waals surface area (Å²) in [5.41, 5.74) is 1.87. The van der Waals surface area contributed by atoms with Crippen LogP contribution in [0.3, 0.4) is 0 Å². The largest absolute Gasteiger partial charge is 0.496 e. The molecular formula is C20H20N2O4S2. The van der Waals surface area contributed by atoms with E-state index in [2.05, 4.69) is 10.6 Å². The Kier molecular flexibility index (Phi) is 6.80. The summed E-state index contributed by atoms with van der Waals surface area (Å²) >= 11 is 3.07. The van der Waals surface area contributed by atoms with Gasteiger partial charge in [-0.3, -0.25) is 9.59 Å². The van der Waals surface area contributed by atoms with Crippen molar-refractivity contribution < 1.29 is 19.4 Å². The molecule has 0 bridgehead atoms. The normalized spacial score (nSPS) is 11.6. The Balaban J connectivity index is 1.48. The maximum Gasteiger partial charge on any atom is 0.309 e. The third-order valence-corrected chi connectivity index (χ3v) is 5.97. The Labute approximate surface area is 170 Å². The lowest BCUT2D eigenvalue weighted by molar-refractivity contribution is -0.139. The van der Waals surface area contributed by atoms with Gasteiger partial charge in [-0.15, -0.1) is 11.3 Å². The van der Waals surface area contributed by atoms with E-state index in [-0.39, 0.29) is 13.1 Å². The zero-order valence-corrected chi connectivity index (χ0v) is 16.8. The van der Waals surface area contributed by atoms with Crippen molar-refractivity contribution in [1.29, 1.82) is 0 Å². The Morgan fingerprint density at radius 1 is 1.11 bits per heavy atom. The number of ether oxygens (including phenoxy) is 1. The van der Waals surface area contributed by atoms with Crippen LogP contribution in [0, 0.1) is 0 Å². The summed E-state index contributed by atoms with van der Waals surface area (Å²) in [6.45, 7) is 0.137. The smallest absolute Gasteiger partial charge is 0.309 e. The molecule has 0 spiro atoms. The number of aliphatic hydroxyl groups excluding tert-OH is 1. The van der Waals surface area contributed by atoms with Gasteiger partial charge >= 0.3 is 11.8 Å². The lowest BCUT2D eigenvalue weighted by Crippen LogP contribution is -2.41. The predicted octanol–water partition coefficient (Wildman–Crippen LogP) is 2.95. The molecule has 8 heteroatoms. The zero-order chi connectivity index (χ0) is 19.9. The van der Waals surface area contributed by atoms with Gasteiger partial charge in [-0.1, -0.05) is 18.2 Å². The van der Waals surface area contributed by atoms with Crippen LogP contribution in [0.5, 0.6) is 5.75 Å². The van der Waals surface area contributed by atoms with Gasteiger partial charge in [0.25, 0.3) is 0 Å². The van der Waals surface area contributed by atoms with Gasteiger partial charge < -0.3 is 20.5 Å². The summed E-state index contributed by atoms with van der Waals surface area (Å²) in [6, 6.07) is 13.0. The summed E-state index contributed by atoms with van der Waals surface area (Å²) in [5, 5.41) is 19.3. The average molecular weight is 417 g/mol. The minimum atomic E-state index is -0.872. The number of carbonyl (C=O) groups excluding carboxylic acids is 2. The first-order valence-electron chi connectivity index (χ1n) is 8.56. The van der Waals surface area contributed by atoms with Crippen LogP contribution in [-0.2, 0) is 16.1 Å². The van der Waals surface area contributed by atoms with Crippen molar-refractivity contribution in [2.45, 2.75) is 12.6 Å². The second-order valence-electron chi connectivity index (χ2n) is 5.93. The highest BCUT2D eigenvalue weighted by molar-refractivity contribution is 7.16. The van der Waals surface area contributed by atoms with Crippen molar-refractivity contribution in [1.82, 2.24) is 10.6 Å². The second-order valence-corrected chi connectivity index (χ2v) is 7.83. The van der Waals surface area contributed by atoms with E-state index in [1.54, 1.807) is 24.5 Å². The average Bonchev–Trinajstić information content (AvgIpc) is 3.41. The van der Waals surface area contributed by atoms with E-state index in [4.69, 9.17) is 4.74 Å². The molecule has 0 saturated carbocycles. The number of thiophene rings is 2. The highest BCUT2D eigenvalue weighted by atomic mass is 32.1. The van der Waals surface area contributed by atoms with Crippen LogP contribution in [0.25, 0.3) is 10.4 Å². The number of benzene rings is 1. The molecule has 1 aromatic carbocycles. The molecule has 2 amide bonds. The Hall–Kier alpha value is -2.68. The van der Waals surface area contributed by atoms with E-state index in [0.29, 0.717) is 5.75 Å². The Morgan fingerprint density at radius 2 is 1.89 bits per heavy atom. The van der Waals surface area contributed by atoms with Crippen LogP contribution in [0.4, 0.5) is 0 Å². The van der Waals surface area contributed by atoms with Crippen molar-refractivity contribution in [3.63, 3.8) is 0 Å². The molecular weight excluding hydrogens is 396 g/mol. The van der Waals surface area contributed by atoms with E-state index in [1.165, 1.54) is 11.3 Å². The fourth-order valence-electron chi connectivity index (χ4n) is 2.57. The Morgan fingerprint density at radius 3 is 2.64 bits per heavy atom. The van der Waals surface area contributed by atoms with Gasteiger partial charge in [-0.05, 0) is 35.0 Å². The predicted molar refractivity (Wildman–Crippen MR) is 110 cm³/mol. The third kappa shape index (κ3) is 4.98. The zero-order valence-electron chi connectivity index (χ0n) is 15.2. The molecule has 0 aliphatic rings. The molecule has 0 radical (unpaired) electrons. The highest BCUT2D eigenvalue weighted by Crippen LogP contribution is 2.32. The summed E-state index contributed by atoms with van der Waals surface area (Å²) in [7, 11) is 1.54. The SMILES string of the molecule is COc1ccccc1CNC(=O)C(=O)NCC(O)c1ccc(-c2ccsc2)s1. The van der Waals surface area contributed by atoms with Gasteiger partial charge in [-0.2, -0.15) is 11.3 Å². The molecule has 146 valence electrons. The van der Waals surface area contributed by atoms with Crippen LogP contribution in [0.1, 0.15) is 16.5 Å². The minimum Gasteiger partial charge on any atom is -0.496 e. The van der Waals surface area contributed by atoms with E-state index in [9.17, 15) is 14.7 Å². The van der Waals surface area contributed by atoms with E-state index in [1.807, 2.05) is 47.2 Å². The fraction of sp³-hybridized carbons (Fsp3) is 0.200. The number of aliphatic hydroxyl groups is 1. The molecule has 0 saturated heterocycles. The molecule has 2 aromatic heterocycles. The van der Waals surface area contributed by atoms with Crippen molar-refractivity contribution in [3.8, 4) is 16.2 Å². The third-order valence-electron chi connectivity index (χ3n) is 4.06. The maximum atomic E-state index is 12.0. The van der Waals surface area contributed by atoms with E-state index in [0.717, 1.165) is 20.9 Å². The molecule has 1 unspecified atom stereocenters. The van der Waals surface area contributed by atoms with Gasteiger partial charge in [0.2, 0.25) is 0 Å². The molecule has 28 heavy (non-hydrogen) atoms. The van der Waals surface area contributed by atoms with Crippen LogP contribution < -0.4 is 15.4 Å². The summed E-state index contributed by atoms with van der Waals surface area (Å²) in [6.07, 6.45) is -0.872. The molecule has 0 aliphatic carbocycles. The molecule has 0 aliphatic heterocycles. The lowest BCUT2D eigenvalue weighted by Gasteiger charge is -2.11. The number of hydrogen-bond donors (Lipinski definition) is 3. The molecule has 3 N–H and O–H groups in total. The number of carbonyl (C=O) groups is 2. The first-order valence-corrected chi connectivity index (χ1v) is 10.3.